The third-order valence-electron chi connectivity index (χ3n) is 29.3. The lowest BCUT2D eigenvalue weighted by Crippen LogP contribution is -2.30. The molecule has 7 aliphatic heterocycles. The molecular weight excluding hydrogens is 1820 g/mol. The first kappa shape index (κ1) is 110. The van der Waals surface area contributed by atoms with E-state index in [9.17, 15) is 58.5 Å². The summed E-state index contributed by atoms with van der Waals surface area (Å²) in [6.07, 6.45) is 16.6. The maximum absolute atomic E-state index is 12.3. The van der Waals surface area contributed by atoms with Crippen LogP contribution in [0, 0.1) is 92.7 Å². The molecule has 0 spiro atoms. The van der Waals surface area contributed by atoms with Crippen molar-refractivity contribution in [2.45, 2.75) is 348 Å². The Morgan fingerprint density at radius 2 is 0.847 bits per heavy atom. The van der Waals surface area contributed by atoms with Gasteiger partial charge in [-0.25, -0.2) is 9.59 Å². The third kappa shape index (κ3) is 28.5. The second-order valence-corrected chi connectivity index (χ2v) is 48.0. The number of ketones is 2. The van der Waals surface area contributed by atoms with Crippen molar-refractivity contribution >= 4 is 154 Å². The van der Waals surface area contributed by atoms with E-state index >= 15 is 0 Å². The molecule has 14 aliphatic rings. The highest BCUT2D eigenvalue weighted by Crippen LogP contribution is 2.67. The number of hydrogen-bond acceptors (Lipinski definition) is 30. The fraction of sp³-hybridized carbons (Fsp3) is 0.867. The minimum Gasteiger partial charge on any atom is -0.462 e. The highest BCUT2D eigenvalue weighted by molar-refractivity contribution is 8.59. The van der Waals surface area contributed by atoms with Crippen LogP contribution in [-0.4, -0.2) is 204 Å². The van der Waals surface area contributed by atoms with E-state index in [1.165, 1.54) is 0 Å². The summed E-state index contributed by atoms with van der Waals surface area (Å²) < 4.78 is 89.8. The Kier molecular flexibility index (Phi) is 45.2. The van der Waals surface area contributed by atoms with Crippen molar-refractivity contribution in [1.29, 1.82) is 0 Å². The van der Waals surface area contributed by atoms with E-state index in [4.69, 9.17) is 83.9 Å². The molecule has 0 aromatic heterocycles. The second kappa shape index (κ2) is 50.8. The first-order valence-corrected chi connectivity index (χ1v) is 53.2. The molecule has 41 heteroatoms. The molecule has 4 N–H and O–H groups in total. The smallest absolute Gasteiger partial charge is 0.462 e. The van der Waals surface area contributed by atoms with E-state index in [-0.39, 0.29) is 228 Å². The molecule has 14 fully saturated rings. The van der Waals surface area contributed by atoms with E-state index in [1.807, 2.05) is 41.5 Å². The second-order valence-electron chi connectivity index (χ2n) is 37.5. The van der Waals surface area contributed by atoms with E-state index in [2.05, 4.69) is 126 Å². The number of hydrogen-bond donors (Lipinski definition) is 4. The molecule has 124 heavy (non-hydrogen) atoms. The number of carbonyl (C=O) groups is 9. The molecule has 36 unspecified atom stereocenters. The topological polar surface area (TPSA) is 391 Å². The molecule has 7 saturated heterocycles. The van der Waals surface area contributed by atoms with Gasteiger partial charge in [0.1, 0.15) is 54.8 Å². The SMILES string of the molecule is C.CCC(C)(C)C(=O)/C=C/[C@H]1C(OP)CC2OC(=O)OC21.CCC(C)(C)C(=O)CC[C@H]1C(OP)CC2OC(=O)CC21.CCC(C)(C)C(O)CC[C@H]1C(OP)CC2OC(=O)CC21.CCC(C)(C)C(O)CC[C@H]1C(OP)CC2OC(O)CC21.O=C1CC2C(CC(OP)[C@@H]2COP(P)PP)O1.O=C1OC2CC(OP)[C@H](CO)C2O1.O=CC1C(OP)CC2OC(=O)CC21. The monoisotopic (exact) mass is 1960 g/mol. The first-order valence-electron chi connectivity index (χ1n) is 43.4. The number of fused-ring (bicyclic) bond motifs is 7. The molecule has 0 bridgehead atoms. The van der Waals surface area contributed by atoms with Gasteiger partial charge in [-0.1, -0.05) is 106 Å². The van der Waals surface area contributed by atoms with Crippen LogP contribution in [-0.2, 0) is 112 Å². The Morgan fingerprint density at radius 1 is 0.476 bits per heavy atom. The van der Waals surface area contributed by atoms with Gasteiger partial charge in [0.15, 0.2) is 18.2 Å². The van der Waals surface area contributed by atoms with Gasteiger partial charge in [0.05, 0.1) is 107 Å². The Morgan fingerprint density at radius 3 is 1.28 bits per heavy atom. The van der Waals surface area contributed by atoms with E-state index in [0.717, 1.165) is 97.7 Å². The molecule has 7 saturated carbocycles. The molecule has 0 aromatic carbocycles. The van der Waals surface area contributed by atoms with Crippen molar-refractivity contribution in [2.75, 3.05) is 13.2 Å². The number of carbonyl (C=O) groups excluding carboxylic acids is 9. The van der Waals surface area contributed by atoms with Crippen LogP contribution in [0.3, 0.4) is 0 Å². The molecule has 42 atom stereocenters. The average Bonchev–Trinajstić information content (AvgIpc) is 1.68. The fourth-order valence-corrected chi connectivity index (χ4v) is 23.6. The van der Waals surface area contributed by atoms with Gasteiger partial charge in [-0.3, -0.25) is 28.8 Å². The largest absolute Gasteiger partial charge is 0.509 e. The summed E-state index contributed by atoms with van der Waals surface area (Å²) in [6, 6.07) is 0. The molecule has 7 aliphatic carbocycles. The number of esters is 4. The van der Waals surface area contributed by atoms with Crippen molar-refractivity contribution < 1.29 is 142 Å². The number of aliphatic hydroxyl groups is 4. The van der Waals surface area contributed by atoms with Crippen LogP contribution < -0.4 is 0 Å². The van der Waals surface area contributed by atoms with E-state index in [0.29, 0.717) is 87.9 Å². The molecule has 0 aromatic rings. The number of aldehydes is 1. The number of ether oxygens (including phenoxy) is 9. The van der Waals surface area contributed by atoms with Gasteiger partial charge in [0.2, 0.25) is 0 Å². The summed E-state index contributed by atoms with van der Waals surface area (Å²) in [7, 11) is 21.6. The van der Waals surface area contributed by atoms with Crippen molar-refractivity contribution in [1.82, 2.24) is 0 Å². The Balaban J connectivity index is 0.000000200. The van der Waals surface area contributed by atoms with Gasteiger partial charge in [-0.15, -0.1) is 8.93 Å². The van der Waals surface area contributed by atoms with Crippen LogP contribution in [0.1, 0.15) is 232 Å². The lowest BCUT2D eigenvalue weighted by atomic mass is 9.79. The van der Waals surface area contributed by atoms with E-state index in [1.54, 1.807) is 12.2 Å². The van der Waals surface area contributed by atoms with Gasteiger partial charge in [0, 0.05) is 182 Å². The number of allylic oxidation sites excluding steroid dienone is 1. The maximum Gasteiger partial charge on any atom is 0.509 e. The van der Waals surface area contributed by atoms with Crippen LogP contribution >= 0.6 is 99.6 Å². The number of rotatable bonds is 32. The Labute approximate surface area is 757 Å². The summed E-state index contributed by atoms with van der Waals surface area (Å²) in [5.74, 6) is 1.79. The molecule has 712 valence electrons. The predicted molar refractivity (Wildman–Crippen MR) is 496 cm³/mol. The number of aliphatic hydroxyl groups excluding tert-OH is 4. The first-order chi connectivity index (χ1) is 58.2. The lowest BCUT2D eigenvalue weighted by Gasteiger charge is -2.31. The highest BCUT2D eigenvalue weighted by Gasteiger charge is 2.58. The van der Waals surface area contributed by atoms with Crippen molar-refractivity contribution in [3.8, 4) is 0 Å². The van der Waals surface area contributed by atoms with Crippen LogP contribution in [0.25, 0.3) is 0 Å². The summed E-state index contributed by atoms with van der Waals surface area (Å²) in [6.45, 7) is 25.1. The van der Waals surface area contributed by atoms with Crippen LogP contribution in [0.2, 0.25) is 0 Å². The van der Waals surface area contributed by atoms with Crippen molar-refractivity contribution in [3.05, 3.63) is 12.2 Å². The Hall–Kier alpha value is -0.620. The maximum atomic E-state index is 12.3. The van der Waals surface area contributed by atoms with Gasteiger partial charge >= 0.3 is 36.2 Å². The fourth-order valence-electron chi connectivity index (χ4n) is 19.7. The molecule has 30 nitrogen and oxygen atoms in total. The van der Waals surface area contributed by atoms with Gasteiger partial charge in [-0.2, -0.15) is 0 Å². The predicted octanol–water partition coefficient (Wildman–Crippen LogP) is 14.4. The minimum absolute atomic E-state index is 0. The van der Waals surface area contributed by atoms with Gasteiger partial charge in [0.25, 0.3) is 0 Å². The number of Topliss-reactive ketones (excluding diaryl/α,β-unsaturated/α-hetero) is 1. The van der Waals surface area contributed by atoms with E-state index < -0.39 is 26.1 Å². The molecule has 0 amide bonds. The molecule has 7 heterocycles. The lowest BCUT2D eigenvalue weighted by molar-refractivity contribution is -0.142. The highest BCUT2D eigenvalue weighted by atomic mass is 32.6. The zero-order chi connectivity index (χ0) is 90.9. The quantitative estimate of drug-likeness (QED) is 0.0160. The van der Waals surface area contributed by atoms with Crippen LogP contribution in [0.4, 0.5) is 9.59 Å². The zero-order valence-electron chi connectivity index (χ0n) is 73.1. The van der Waals surface area contributed by atoms with Crippen LogP contribution in [0.5, 0.6) is 0 Å². The summed E-state index contributed by atoms with van der Waals surface area (Å²) in [5.41, 5.74) is -0.732. The van der Waals surface area contributed by atoms with Gasteiger partial charge < -0.3 is 104 Å². The summed E-state index contributed by atoms with van der Waals surface area (Å²) in [5, 5.41) is 39.4. The van der Waals surface area contributed by atoms with Crippen LogP contribution in [0.15, 0.2) is 12.2 Å². The summed E-state index contributed by atoms with van der Waals surface area (Å²) in [4.78, 5) is 102. The molecule has 14 rings (SSSR count). The standard InChI is InChI=1S/C15H29O4P.C15H27O4P.C15H25O4P.C14H21O5P.C8H17O4P5.C8H11O4P.C7H11O5P.CH4/c3*1-4-15(2,3)13(16)6-5-9-10-7-14(17)18-11(10)8-12(9)19-20;1-4-14(2,3)11(15)6-5-8-9(19-20)7-10-12(8)18-13(16)17-10;9-8-1-4-5(3-10-17(15)16-14)7(12-13)2-6(4)11-8;9-3-5-4-1-8(10)11-6(4)2-7(5)12-13;8-2-3-4(12-13)1-5-6(3)11-7(9)10-5;/h9-14,16-17H,4-8,20H2,1-3H3;9-13,16H,4-8,20H2,1-3H3;9-12H,4-8,20H2,1-3H3;5-6,8-10,12H,4,7,20H2,1-3H3;4-7,16H,1-3,13-15H2;3-7H,1-2,13H2;3-6,8H,1-2,13H2;1H4/b;;;6-5+;;;;/t9-,10?,11?,12?,13?,14?;9-,10?,11?,12?,13?;9-,10?,11?,12?;8-,9?,10?,12?;4?,5-,6?,7?,17?;;3-,4?,5?,6?;/m11101.0./s1. The van der Waals surface area contributed by atoms with Crippen molar-refractivity contribution in [3.63, 3.8) is 0 Å². The molecular formula is C83H145O30P11. The average molecular weight is 1960 g/mol. The molecule has 0 radical (unpaired) electrons. The minimum atomic E-state index is -0.643. The van der Waals surface area contributed by atoms with Gasteiger partial charge in [-0.05, 0) is 106 Å². The van der Waals surface area contributed by atoms with Crippen molar-refractivity contribution in [2.24, 2.45) is 92.7 Å². The normalized spacial score (nSPS) is 36.9. The summed E-state index contributed by atoms with van der Waals surface area (Å²) >= 11 is 0. The zero-order valence-corrected chi connectivity index (χ0v) is 85.4. The Bertz CT molecular complexity index is 3480. The third-order valence-corrected chi connectivity index (χ3v) is 40.3.